The van der Waals surface area contributed by atoms with Crippen LogP contribution in [0.25, 0.3) is 11.1 Å². The van der Waals surface area contributed by atoms with Crippen LogP contribution in [-0.4, -0.2) is 35.1 Å². The summed E-state index contributed by atoms with van der Waals surface area (Å²) in [5.74, 6) is -0.0978. The lowest BCUT2D eigenvalue weighted by Crippen LogP contribution is -2.37. The van der Waals surface area contributed by atoms with Gasteiger partial charge in [-0.2, -0.15) is 0 Å². The Hall–Kier alpha value is -1.84. The molecule has 3 rings (SSSR count). The van der Waals surface area contributed by atoms with Gasteiger partial charge in [-0.3, -0.25) is 4.79 Å². The number of carbonyl (C=O) groups is 1. The Bertz CT molecular complexity index is 672. The van der Waals surface area contributed by atoms with E-state index in [1.807, 2.05) is 42.5 Å². The zero-order valence-corrected chi connectivity index (χ0v) is 13.0. The van der Waals surface area contributed by atoms with Crippen molar-refractivity contribution in [3.05, 3.63) is 59.1 Å². The first-order valence-electron chi connectivity index (χ1n) is 7.47. The van der Waals surface area contributed by atoms with Crippen LogP contribution in [-0.2, 0) is 0 Å². The van der Waals surface area contributed by atoms with E-state index in [0.717, 1.165) is 24.0 Å². The SMILES string of the molecule is O=C(c1cc(-c2ccccc2)ccc1Cl)N1CCC[C@@H]1CO. The molecule has 1 N–H and O–H groups in total. The van der Waals surface area contributed by atoms with Crippen molar-refractivity contribution in [2.45, 2.75) is 18.9 Å². The average molecular weight is 316 g/mol. The highest BCUT2D eigenvalue weighted by Gasteiger charge is 2.29. The Balaban J connectivity index is 1.95. The first-order chi connectivity index (χ1) is 10.7. The molecule has 0 spiro atoms. The van der Waals surface area contributed by atoms with E-state index in [-0.39, 0.29) is 18.6 Å². The molecule has 1 fully saturated rings. The number of amides is 1. The minimum atomic E-state index is -0.0978. The Labute approximate surface area is 135 Å². The summed E-state index contributed by atoms with van der Waals surface area (Å²) in [5.41, 5.74) is 2.52. The van der Waals surface area contributed by atoms with Crippen molar-refractivity contribution in [1.82, 2.24) is 4.90 Å². The van der Waals surface area contributed by atoms with Gasteiger partial charge in [-0.25, -0.2) is 0 Å². The van der Waals surface area contributed by atoms with E-state index in [9.17, 15) is 9.90 Å². The molecule has 1 heterocycles. The standard InChI is InChI=1S/C18H18ClNO2/c19-17-9-8-14(13-5-2-1-3-6-13)11-16(17)18(22)20-10-4-7-15(20)12-21/h1-3,5-6,8-9,11,15,21H,4,7,10,12H2/t15-/m1/s1. The lowest BCUT2D eigenvalue weighted by molar-refractivity contribution is 0.0678. The van der Waals surface area contributed by atoms with Gasteiger partial charge in [-0.1, -0.05) is 48.0 Å². The van der Waals surface area contributed by atoms with Gasteiger partial charge in [-0.15, -0.1) is 0 Å². The molecule has 0 aromatic heterocycles. The number of hydrogen-bond donors (Lipinski definition) is 1. The van der Waals surface area contributed by atoms with Gasteiger partial charge in [0.15, 0.2) is 0 Å². The van der Waals surface area contributed by atoms with Crippen molar-refractivity contribution < 1.29 is 9.90 Å². The highest BCUT2D eigenvalue weighted by molar-refractivity contribution is 6.34. The third kappa shape index (κ3) is 2.87. The minimum Gasteiger partial charge on any atom is -0.394 e. The summed E-state index contributed by atoms with van der Waals surface area (Å²) in [4.78, 5) is 14.5. The lowest BCUT2D eigenvalue weighted by atomic mass is 10.0. The molecule has 114 valence electrons. The smallest absolute Gasteiger partial charge is 0.255 e. The van der Waals surface area contributed by atoms with Crippen LogP contribution in [0, 0.1) is 0 Å². The molecule has 3 nitrogen and oxygen atoms in total. The van der Waals surface area contributed by atoms with Crippen molar-refractivity contribution in [1.29, 1.82) is 0 Å². The Kier molecular flexibility index (Phi) is 4.46. The van der Waals surface area contributed by atoms with E-state index in [1.54, 1.807) is 11.0 Å². The van der Waals surface area contributed by atoms with E-state index < -0.39 is 0 Å². The Morgan fingerprint density at radius 3 is 2.68 bits per heavy atom. The molecular formula is C18H18ClNO2. The third-order valence-electron chi connectivity index (χ3n) is 4.15. The van der Waals surface area contributed by atoms with Crippen LogP contribution >= 0.6 is 11.6 Å². The molecule has 0 bridgehead atoms. The molecule has 0 radical (unpaired) electrons. The van der Waals surface area contributed by atoms with Gasteiger partial charge in [0, 0.05) is 6.54 Å². The average Bonchev–Trinajstić information content (AvgIpc) is 3.04. The second kappa shape index (κ2) is 6.51. The molecule has 2 aromatic carbocycles. The maximum atomic E-state index is 12.8. The summed E-state index contributed by atoms with van der Waals surface area (Å²) < 4.78 is 0. The van der Waals surface area contributed by atoms with Crippen molar-refractivity contribution in [3.63, 3.8) is 0 Å². The van der Waals surface area contributed by atoms with Crippen molar-refractivity contribution in [3.8, 4) is 11.1 Å². The fourth-order valence-corrected chi connectivity index (χ4v) is 3.15. The summed E-state index contributed by atoms with van der Waals surface area (Å²) >= 11 is 6.24. The number of aliphatic hydroxyl groups excluding tert-OH is 1. The van der Waals surface area contributed by atoms with E-state index in [1.165, 1.54) is 0 Å². The van der Waals surface area contributed by atoms with Gasteiger partial charge >= 0.3 is 0 Å². The molecule has 4 heteroatoms. The van der Waals surface area contributed by atoms with Crippen LogP contribution < -0.4 is 0 Å². The number of aliphatic hydroxyl groups is 1. The largest absolute Gasteiger partial charge is 0.394 e. The van der Waals surface area contributed by atoms with E-state index >= 15 is 0 Å². The van der Waals surface area contributed by atoms with Gasteiger partial charge in [0.25, 0.3) is 5.91 Å². The number of likely N-dealkylation sites (tertiary alicyclic amines) is 1. The molecule has 0 unspecified atom stereocenters. The molecule has 0 saturated carbocycles. The maximum absolute atomic E-state index is 12.8. The van der Waals surface area contributed by atoms with Gasteiger partial charge in [-0.05, 0) is 36.1 Å². The van der Waals surface area contributed by atoms with Gasteiger partial charge in [0.05, 0.1) is 23.2 Å². The number of rotatable bonds is 3. The van der Waals surface area contributed by atoms with Crippen LogP contribution in [0.5, 0.6) is 0 Å². The summed E-state index contributed by atoms with van der Waals surface area (Å²) in [6, 6.07) is 15.3. The summed E-state index contributed by atoms with van der Waals surface area (Å²) in [6.07, 6.45) is 1.77. The topological polar surface area (TPSA) is 40.5 Å². The van der Waals surface area contributed by atoms with Crippen LogP contribution in [0.4, 0.5) is 0 Å². The molecule has 1 aliphatic heterocycles. The first-order valence-corrected chi connectivity index (χ1v) is 7.85. The number of halogens is 1. The fraction of sp³-hybridized carbons (Fsp3) is 0.278. The number of nitrogens with zero attached hydrogens (tertiary/aromatic N) is 1. The normalized spacial score (nSPS) is 17.7. The lowest BCUT2D eigenvalue weighted by Gasteiger charge is -2.23. The predicted octanol–water partition coefficient (Wildman–Crippen LogP) is 3.60. The summed E-state index contributed by atoms with van der Waals surface area (Å²) in [5, 5.41) is 9.86. The second-order valence-electron chi connectivity index (χ2n) is 5.54. The second-order valence-corrected chi connectivity index (χ2v) is 5.95. The molecule has 0 aliphatic carbocycles. The third-order valence-corrected chi connectivity index (χ3v) is 4.48. The molecular weight excluding hydrogens is 298 g/mol. The van der Waals surface area contributed by atoms with E-state index in [0.29, 0.717) is 17.1 Å². The van der Waals surface area contributed by atoms with Gasteiger partial charge in [0.1, 0.15) is 0 Å². The maximum Gasteiger partial charge on any atom is 0.255 e. The van der Waals surface area contributed by atoms with Crippen LogP contribution in [0.2, 0.25) is 5.02 Å². The quantitative estimate of drug-likeness (QED) is 0.940. The van der Waals surface area contributed by atoms with Crippen LogP contribution in [0.15, 0.2) is 48.5 Å². The predicted molar refractivity (Wildman–Crippen MR) is 88.0 cm³/mol. The zero-order chi connectivity index (χ0) is 15.5. The van der Waals surface area contributed by atoms with Crippen molar-refractivity contribution >= 4 is 17.5 Å². The Morgan fingerprint density at radius 1 is 1.18 bits per heavy atom. The highest BCUT2D eigenvalue weighted by atomic mass is 35.5. The monoisotopic (exact) mass is 315 g/mol. The van der Waals surface area contributed by atoms with Crippen molar-refractivity contribution in [2.75, 3.05) is 13.2 Å². The van der Waals surface area contributed by atoms with Crippen LogP contribution in [0.3, 0.4) is 0 Å². The number of benzene rings is 2. The molecule has 1 aliphatic rings. The number of hydrogen-bond acceptors (Lipinski definition) is 2. The summed E-state index contributed by atoms with van der Waals surface area (Å²) in [6.45, 7) is 0.678. The number of carbonyl (C=O) groups excluding carboxylic acids is 1. The molecule has 2 aromatic rings. The molecule has 22 heavy (non-hydrogen) atoms. The Morgan fingerprint density at radius 2 is 1.95 bits per heavy atom. The van der Waals surface area contributed by atoms with Crippen LogP contribution in [0.1, 0.15) is 23.2 Å². The fourth-order valence-electron chi connectivity index (χ4n) is 2.95. The van der Waals surface area contributed by atoms with Gasteiger partial charge < -0.3 is 10.0 Å². The zero-order valence-electron chi connectivity index (χ0n) is 12.2. The molecule has 1 amide bonds. The van der Waals surface area contributed by atoms with E-state index in [2.05, 4.69) is 0 Å². The summed E-state index contributed by atoms with van der Waals surface area (Å²) in [7, 11) is 0. The van der Waals surface area contributed by atoms with E-state index in [4.69, 9.17) is 11.6 Å². The van der Waals surface area contributed by atoms with Crippen molar-refractivity contribution in [2.24, 2.45) is 0 Å². The minimum absolute atomic E-state index is 0.00172. The van der Waals surface area contributed by atoms with Gasteiger partial charge in [0.2, 0.25) is 0 Å². The first kappa shape index (κ1) is 15.1. The highest BCUT2D eigenvalue weighted by Crippen LogP contribution is 2.28. The molecule has 1 saturated heterocycles. The molecule has 1 atom stereocenters.